The second-order valence-corrected chi connectivity index (χ2v) is 21.8. The lowest BCUT2D eigenvalue weighted by atomic mass is 9.99. The Hall–Kier alpha value is -2.38. The van der Waals surface area contributed by atoms with Crippen LogP contribution >= 0.6 is 0 Å². The van der Waals surface area contributed by atoms with Crippen molar-refractivity contribution in [1.82, 2.24) is 5.32 Å². The van der Waals surface area contributed by atoms with Crippen molar-refractivity contribution in [3.63, 3.8) is 0 Å². The van der Waals surface area contributed by atoms with Gasteiger partial charge in [0.15, 0.2) is 12.4 Å². The molecule has 0 spiro atoms. The van der Waals surface area contributed by atoms with Crippen LogP contribution in [0.4, 0.5) is 0 Å². The molecule has 1 aliphatic heterocycles. The summed E-state index contributed by atoms with van der Waals surface area (Å²) >= 11 is 0. The summed E-state index contributed by atoms with van der Waals surface area (Å²) in [5, 5.41) is 57.0. The first-order valence-electron chi connectivity index (χ1n) is 31.4. The summed E-state index contributed by atoms with van der Waals surface area (Å²) in [6.45, 7) is 5.77. The molecular formula is C64H117NO10. The van der Waals surface area contributed by atoms with Crippen LogP contribution in [-0.2, 0) is 23.8 Å². The monoisotopic (exact) mass is 1060 g/mol. The van der Waals surface area contributed by atoms with Gasteiger partial charge in [0.05, 0.1) is 25.4 Å². The first-order valence-corrected chi connectivity index (χ1v) is 31.4. The standard InChI is InChI=1S/C64H117NO10/c1-4-7-10-13-16-19-22-25-27-29-31-34-37-40-43-46-49-52-59(69)75-62-61(71)60(70)58(53-66)74-64(62)73-54-55(56(67)50-47-44-41-38-35-32-24-21-18-15-12-9-6-3)65-63(72)57(68)51-48-45-42-39-36-33-30-28-26-23-20-17-14-11-8-5-2/h17,20,25-28,47,50,55-58,60-62,64,66-68,70-71H,4-16,18-19,21-24,29-46,48-49,51-54H2,1-3H3,(H,65,72)/b20-17-,27-25+,28-26-,50-47+. The highest BCUT2D eigenvalue weighted by Crippen LogP contribution is 2.26. The second kappa shape index (κ2) is 52.3. The maximum atomic E-state index is 13.4. The minimum atomic E-state index is -1.62. The molecule has 0 aromatic carbocycles. The number of carbonyl (C=O) groups is 2. The number of nitrogens with one attached hydrogen (secondary N) is 1. The lowest BCUT2D eigenvalue weighted by Gasteiger charge is -2.41. The zero-order chi connectivity index (χ0) is 54.7. The van der Waals surface area contributed by atoms with Crippen LogP contribution in [0.2, 0.25) is 0 Å². The summed E-state index contributed by atoms with van der Waals surface area (Å²) in [7, 11) is 0. The Morgan fingerprint density at radius 1 is 0.520 bits per heavy atom. The predicted molar refractivity (Wildman–Crippen MR) is 310 cm³/mol. The summed E-state index contributed by atoms with van der Waals surface area (Å²) < 4.78 is 17.6. The number of aliphatic hydroxyl groups is 5. The second-order valence-electron chi connectivity index (χ2n) is 21.8. The minimum absolute atomic E-state index is 0.118. The normalized spacial score (nSPS) is 19.5. The molecule has 1 fully saturated rings. The van der Waals surface area contributed by atoms with Crippen molar-refractivity contribution in [2.75, 3.05) is 13.2 Å². The van der Waals surface area contributed by atoms with E-state index < -0.39 is 67.4 Å². The van der Waals surface area contributed by atoms with E-state index in [9.17, 15) is 35.1 Å². The van der Waals surface area contributed by atoms with Gasteiger partial charge in [-0.2, -0.15) is 0 Å². The van der Waals surface area contributed by atoms with E-state index in [1.807, 2.05) is 6.08 Å². The molecule has 8 atom stereocenters. The van der Waals surface area contributed by atoms with Crippen molar-refractivity contribution in [2.45, 2.75) is 333 Å². The summed E-state index contributed by atoms with van der Waals surface area (Å²) in [6, 6.07) is -1.03. The fourth-order valence-corrected chi connectivity index (χ4v) is 9.68. The number of ether oxygens (including phenoxy) is 3. The van der Waals surface area contributed by atoms with Gasteiger partial charge < -0.3 is 45.1 Å². The largest absolute Gasteiger partial charge is 0.454 e. The van der Waals surface area contributed by atoms with Crippen molar-refractivity contribution in [3.8, 4) is 0 Å². The van der Waals surface area contributed by atoms with Crippen molar-refractivity contribution in [1.29, 1.82) is 0 Å². The van der Waals surface area contributed by atoms with Crippen LogP contribution in [0, 0.1) is 0 Å². The van der Waals surface area contributed by atoms with Crippen molar-refractivity contribution in [3.05, 3.63) is 48.6 Å². The van der Waals surface area contributed by atoms with E-state index >= 15 is 0 Å². The van der Waals surface area contributed by atoms with E-state index in [0.29, 0.717) is 12.8 Å². The zero-order valence-electron chi connectivity index (χ0n) is 48.4. The number of hydrogen-bond acceptors (Lipinski definition) is 10. The molecule has 0 aliphatic carbocycles. The molecule has 75 heavy (non-hydrogen) atoms. The Morgan fingerprint density at radius 2 is 0.920 bits per heavy atom. The summed E-state index contributed by atoms with van der Waals surface area (Å²) in [5.74, 6) is -1.20. The lowest BCUT2D eigenvalue weighted by Crippen LogP contribution is -2.61. The van der Waals surface area contributed by atoms with Gasteiger partial charge in [-0.05, 0) is 83.5 Å². The number of carbonyl (C=O) groups excluding carboxylic acids is 2. The van der Waals surface area contributed by atoms with Crippen LogP contribution < -0.4 is 5.32 Å². The number of rotatable bonds is 53. The molecule has 0 aromatic heterocycles. The Morgan fingerprint density at radius 3 is 1.40 bits per heavy atom. The Balaban J connectivity index is 2.70. The molecule has 8 unspecified atom stereocenters. The zero-order valence-corrected chi connectivity index (χ0v) is 48.4. The van der Waals surface area contributed by atoms with Crippen LogP contribution in [0.3, 0.4) is 0 Å². The first-order chi connectivity index (χ1) is 36.7. The van der Waals surface area contributed by atoms with Crippen LogP contribution in [-0.4, -0.2) is 99.6 Å². The molecular weight excluding hydrogens is 943 g/mol. The molecule has 1 amide bonds. The molecule has 0 saturated carbocycles. The first kappa shape index (κ1) is 70.6. The fraction of sp³-hybridized carbons (Fsp3) is 0.844. The Kier molecular flexibility index (Phi) is 49.3. The number of esters is 1. The average molecular weight is 1060 g/mol. The molecule has 1 aliphatic rings. The highest BCUT2D eigenvalue weighted by molar-refractivity contribution is 5.80. The third-order valence-corrected chi connectivity index (χ3v) is 14.7. The number of unbranched alkanes of at least 4 members (excludes halogenated alkanes) is 33. The third-order valence-electron chi connectivity index (χ3n) is 14.7. The summed E-state index contributed by atoms with van der Waals surface area (Å²) in [6.07, 6.45) is 52.8. The van der Waals surface area contributed by atoms with Gasteiger partial charge in [-0.25, -0.2) is 0 Å². The molecule has 438 valence electrons. The van der Waals surface area contributed by atoms with E-state index in [1.54, 1.807) is 6.08 Å². The number of allylic oxidation sites excluding steroid dienone is 7. The van der Waals surface area contributed by atoms with E-state index in [2.05, 4.69) is 62.5 Å². The van der Waals surface area contributed by atoms with Crippen LogP contribution in [0.25, 0.3) is 0 Å². The van der Waals surface area contributed by atoms with Gasteiger partial charge in [0.1, 0.15) is 24.4 Å². The van der Waals surface area contributed by atoms with Crippen molar-refractivity contribution < 1.29 is 49.3 Å². The van der Waals surface area contributed by atoms with E-state index in [1.165, 1.54) is 141 Å². The van der Waals surface area contributed by atoms with Gasteiger partial charge in [-0.15, -0.1) is 0 Å². The van der Waals surface area contributed by atoms with E-state index in [0.717, 1.165) is 96.3 Å². The highest BCUT2D eigenvalue weighted by Gasteiger charge is 2.47. The Bertz CT molecular complexity index is 1400. The van der Waals surface area contributed by atoms with E-state index in [4.69, 9.17) is 14.2 Å². The number of amides is 1. The summed E-state index contributed by atoms with van der Waals surface area (Å²) in [5.41, 5.74) is 0. The molecule has 0 radical (unpaired) electrons. The topological polar surface area (TPSA) is 175 Å². The van der Waals surface area contributed by atoms with Gasteiger partial charge >= 0.3 is 5.97 Å². The SMILES string of the molecule is CCCCC/C=C\C/C=C\CCCCCCCCC(O)C(=O)NC(COC1OC(CO)C(O)C(O)C1OC(=O)CCCCCCCCC/C=C/CCCCCCCC)C(O)/C=C/CCCCCCCCCCCCC. The molecule has 11 heteroatoms. The van der Waals surface area contributed by atoms with E-state index in [-0.39, 0.29) is 19.4 Å². The van der Waals surface area contributed by atoms with Crippen molar-refractivity contribution >= 4 is 11.9 Å². The van der Waals surface area contributed by atoms with Gasteiger partial charge in [0.2, 0.25) is 5.91 Å². The molecule has 6 N–H and O–H groups in total. The molecule has 1 saturated heterocycles. The number of hydrogen-bond donors (Lipinski definition) is 6. The Labute approximate surface area is 459 Å². The van der Waals surface area contributed by atoms with Gasteiger partial charge in [-0.3, -0.25) is 9.59 Å². The van der Waals surface area contributed by atoms with Crippen molar-refractivity contribution in [2.24, 2.45) is 0 Å². The third kappa shape index (κ3) is 40.5. The van der Waals surface area contributed by atoms with Crippen LogP contribution in [0.5, 0.6) is 0 Å². The van der Waals surface area contributed by atoms with Gasteiger partial charge in [0.25, 0.3) is 0 Å². The highest BCUT2D eigenvalue weighted by atomic mass is 16.7. The predicted octanol–water partition coefficient (Wildman–Crippen LogP) is 14.8. The van der Waals surface area contributed by atoms with Gasteiger partial charge in [-0.1, -0.05) is 243 Å². The number of aliphatic hydroxyl groups excluding tert-OH is 5. The smallest absolute Gasteiger partial charge is 0.306 e. The van der Waals surface area contributed by atoms with Crippen LogP contribution in [0.15, 0.2) is 48.6 Å². The van der Waals surface area contributed by atoms with Crippen LogP contribution in [0.1, 0.15) is 284 Å². The maximum absolute atomic E-state index is 13.4. The fourth-order valence-electron chi connectivity index (χ4n) is 9.68. The molecule has 0 aromatic rings. The minimum Gasteiger partial charge on any atom is -0.454 e. The quantitative estimate of drug-likeness (QED) is 0.0195. The maximum Gasteiger partial charge on any atom is 0.306 e. The van der Waals surface area contributed by atoms with Gasteiger partial charge in [0, 0.05) is 6.42 Å². The molecule has 1 heterocycles. The molecule has 1 rings (SSSR count). The molecule has 0 bridgehead atoms. The molecule has 11 nitrogen and oxygen atoms in total. The average Bonchev–Trinajstić information content (AvgIpc) is 3.41. The summed E-state index contributed by atoms with van der Waals surface area (Å²) in [4.78, 5) is 26.5. The lowest BCUT2D eigenvalue weighted by molar-refractivity contribution is -0.305.